The molecule has 0 aromatic heterocycles. The molecule has 0 aliphatic rings. The maximum Gasteiger partial charge on any atom is 0.337 e. The van der Waals surface area contributed by atoms with Gasteiger partial charge < -0.3 is 9.47 Å². The number of benzene rings is 2. The Kier molecular flexibility index (Phi) is 5.49. The third-order valence-electron chi connectivity index (χ3n) is 3.14. The molecule has 0 unspecified atom stereocenters. The van der Waals surface area contributed by atoms with Gasteiger partial charge in [-0.05, 0) is 36.4 Å². The number of hydrogen-bond acceptors (Lipinski definition) is 6. The molecule has 1 amide bonds. The minimum absolute atomic E-state index is 0.314. The lowest BCUT2D eigenvalue weighted by Crippen LogP contribution is -2.40. The number of nitriles is 1. The van der Waals surface area contributed by atoms with E-state index in [1.165, 1.54) is 19.2 Å². The molecule has 0 aliphatic heterocycles. The van der Waals surface area contributed by atoms with Crippen LogP contribution >= 0.6 is 0 Å². The van der Waals surface area contributed by atoms with Gasteiger partial charge in [0.1, 0.15) is 5.75 Å². The molecule has 2 aromatic carbocycles. The van der Waals surface area contributed by atoms with Crippen LogP contribution in [0.5, 0.6) is 5.75 Å². The molecule has 122 valence electrons. The van der Waals surface area contributed by atoms with Crippen molar-refractivity contribution in [2.45, 2.75) is 0 Å². The highest BCUT2D eigenvalue weighted by molar-refractivity contribution is 5.93. The number of methoxy groups -OCH3 is 1. The van der Waals surface area contributed by atoms with E-state index in [1.807, 2.05) is 6.07 Å². The summed E-state index contributed by atoms with van der Waals surface area (Å²) in [5, 5.41) is 9.78. The molecule has 2 rings (SSSR count). The second-order valence-corrected chi connectivity index (χ2v) is 4.73. The second kappa shape index (κ2) is 7.76. The highest BCUT2D eigenvalue weighted by Crippen LogP contribution is 2.16. The number of hydrogen-bond donors (Lipinski definition) is 1. The third-order valence-corrected chi connectivity index (χ3v) is 3.14. The van der Waals surface area contributed by atoms with Gasteiger partial charge in [-0.15, -0.1) is 0 Å². The van der Waals surface area contributed by atoms with Crippen molar-refractivity contribution in [3.63, 3.8) is 0 Å². The van der Waals surface area contributed by atoms with E-state index >= 15 is 0 Å². The first kappa shape index (κ1) is 17.0. The fraction of sp³-hybridized carbons (Fsp3) is 0.118. The quantitative estimate of drug-likeness (QED) is 0.388. The largest absolute Gasteiger partial charge is 0.484 e. The summed E-state index contributed by atoms with van der Waals surface area (Å²) in [5.74, 6) is 5.08. The van der Waals surface area contributed by atoms with Gasteiger partial charge in [0.15, 0.2) is 6.61 Å². The molecule has 0 spiro atoms. The zero-order chi connectivity index (χ0) is 17.5. The van der Waals surface area contributed by atoms with Crippen molar-refractivity contribution < 1.29 is 19.1 Å². The summed E-state index contributed by atoms with van der Waals surface area (Å²) in [6.45, 7) is -0.322. The van der Waals surface area contributed by atoms with Gasteiger partial charge in [-0.1, -0.05) is 12.1 Å². The summed E-state index contributed by atoms with van der Waals surface area (Å²) in [7, 11) is 1.28. The van der Waals surface area contributed by atoms with Crippen LogP contribution in [-0.4, -0.2) is 25.6 Å². The van der Waals surface area contributed by atoms with E-state index in [9.17, 15) is 9.59 Å². The predicted molar refractivity (Wildman–Crippen MR) is 86.1 cm³/mol. The Morgan fingerprint density at radius 1 is 1.21 bits per heavy atom. The van der Waals surface area contributed by atoms with Gasteiger partial charge >= 0.3 is 5.97 Å². The summed E-state index contributed by atoms with van der Waals surface area (Å²) >= 11 is 0. The van der Waals surface area contributed by atoms with Gasteiger partial charge in [-0.2, -0.15) is 5.26 Å². The average molecular weight is 325 g/mol. The number of amides is 1. The zero-order valence-electron chi connectivity index (χ0n) is 12.9. The average Bonchev–Trinajstić information content (AvgIpc) is 2.65. The lowest BCUT2D eigenvalue weighted by atomic mass is 10.2. The van der Waals surface area contributed by atoms with Crippen LogP contribution in [0.4, 0.5) is 5.69 Å². The van der Waals surface area contributed by atoms with Gasteiger partial charge in [0.2, 0.25) is 0 Å². The van der Waals surface area contributed by atoms with Crippen LogP contribution in [0.15, 0.2) is 48.5 Å². The SMILES string of the molecule is COC(=O)c1cccc(OCC(=O)N(N)c2cccc(C#N)c2)c1. The van der Waals surface area contributed by atoms with Crippen molar-refractivity contribution in [3.8, 4) is 11.8 Å². The Morgan fingerprint density at radius 3 is 2.67 bits per heavy atom. The summed E-state index contributed by atoms with van der Waals surface area (Å²) in [4.78, 5) is 23.6. The third kappa shape index (κ3) is 4.09. The zero-order valence-corrected chi connectivity index (χ0v) is 12.9. The van der Waals surface area contributed by atoms with Gasteiger partial charge in [-0.25, -0.2) is 15.6 Å². The van der Waals surface area contributed by atoms with E-state index in [-0.39, 0.29) is 6.61 Å². The van der Waals surface area contributed by atoms with E-state index in [0.717, 1.165) is 5.01 Å². The number of esters is 1. The van der Waals surface area contributed by atoms with Crippen molar-refractivity contribution in [3.05, 3.63) is 59.7 Å². The monoisotopic (exact) mass is 325 g/mol. The van der Waals surface area contributed by atoms with Crippen LogP contribution < -0.4 is 15.6 Å². The van der Waals surface area contributed by atoms with Gasteiger partial charge in [0.05, 0.1) is 30.0 Å². The molecular formula is C17H15N3O4. The summed E-state index contributed by atoms with van der Waals surface area (Å²) in [5.41, 5.74) is 1.09. The first-order chi connectivity index (χ1) is 11.5. The minimum atomic E-state index is -0.506. The molecule has 0 saturated carbocycles. The Morgan fingerprint density at radius 2 is 1.96 bits per heavy atom. The molecule has 0 radical (unpaired) electrons. The first-order valence-electron chi connectivity index (χ1n) is 6.94. The molecule has 0 heterocycles. The summed E-state index contributed by atoms with van der Waals surface area (Å²) in [6, 6.07) is 14.6. The fourth-order valence-electron chi connectivity index (χ4n) is 1.91. The number of nitrogens with zero attached hydrogens (tertiary/aromatic N) is 2. The van der Waals surface area contributed by atoms with E-state index < -0.39 is 11.9 Å². The second-order valence-electron chi connectivity index (χ2n) is 4.73. The lowest BCUT2D eigenvalue weighted by Gasteiger charge is -2.17. The Balaban J connectivity index is 2.02. The Labute approximate surface area is 138 Å². The molecule has 0 atom stereocenters. The van der Waals surface area contributed by atoms with Gasteiger partial charge in [0, 0.05) is 0 Å². The maximum atomic E-state index is 12.1. The van der Waals surface area contributed by atoms with E-state index in [0.29, 0.717) is 22.6 Å². The molecule has 0 fully saturated rings. The first-order valence-corrected chi connectivity index (χ1v) is 6.94. The lowest BCUT2D eigenvalue weighted by molar-refractivity contribution is -0.120. The molecule has 2 aromatic rings. The van der Waals surface area contributed by atoms with Crippen LogP contribution in [-0.2, 0) is 9.53 Å². The smallest absolute Gasteiger partial charge is 0.337 e. The fourth-order valence-corrected chi connectivity index (χ4v) is 1.91. The molecule has 7 nitrogen and oxygen atoms in total. The molecular weight excluding hydrogens is 310 g/mol. The number of rotatable bonds is 5. The minimum Gasteiger partial charge on any atom is -0.484 e. The Bertz CT molecular complexity index is 798. The van der Waals surface area contributed by atoms with Crippen molar-refractivity contribution >= 4 is 17.6 Å². The van der Waals surface area contributed by atoms with Crippen molar-refractivity contribution in [1.29, 1.82) is 5.26 Å². The van der Waals surface area contributed by atoms with E-state index in [1.54, 1.807) is 36.4 Å². The molecule has 2 N–H and O–H groups in total. The van der Waals surface area contributed by atoms with E-state index in [4.69, 9.17) is 15.8 Å². The van der Waals surface area contributed by atoms with Crippen LogP contribution in [0.1, 0.15) is 15.9 Å². The molecule has 24 heavy (non-hydrogen) atoms. The van der Waals surface area contributed by atoms with Crippen LogP contribution in [0.3, 0.4) is 0 Å². The molecule has 0 saturated heterocycles. The highest BCUT2D eigenvalue weighted by atomic mass is 16.5. The van der Waals surface area contributed by atoms with Crippen molar-refractivity contribution in [2.75, 3.05) is 18.7 Å². The van der Waals surface area contributed by atoms with Crippen molar-refractivity contribution in [2.24, 2.45) is 5.84 Å². The normalized spacial score (nSPS) is 9.71. The number of hydrazine groups is 1. The number of carbonyl (C=O) groups is 2. The van der Waals surface area contributed by atoms with E-state index in [2.05, 4.69) is 4.74 Å². The van der Waals surface area contributed by atoms with Crippen molar-refractivity contribution in [1.82, 2.24) is 0 Å². The molecule has 0 aliphatic carbocycles. The van der Waals surface area contributed by atoms with Crippen LogP contribution in [0.2, 0.25) is 0 Å². The molecule has 7 heteroatoms. The number of ether oxygens (including phenoxy) is 2. The van der Waals surface area contributed by atoms with Crippen LogP contribution in [0.25, 0.3) is 0 Å². The van der Waals surface area contributed by atoms with Gasteiger partial charge in [-0.3, -0.25) is 4.79 Å². The Hall–Kier alpha value is -3.37. The standard InChI is InChI=1S/C17H15N3O4/c1-23-17(22)13-5-3-7-15(9-13)24-11-16(21)20(19)14-6-2-4-12(8-14)10-18/h2-9H,11,19H2,1H3. The summed E-state index contributed by atoms with van der Waals surface area (Å²) in [6.07, 6.45) is 0. The predicted octanol–water partition coefficient (Wildman–Crippen LogP) is 1.63. The molecule has 0 bridgehead atoms. The highest BCUT2D eigenvalue weighted by Gasteiger charge is 2.14. The number of carbonyl (C=O) groups excluding carboxylic acids is 2. The van der Waals surface area contributed by atoms with Gasteiger partial charge in [0.25, 0.3) is 5.91 Å². The number of nitrogens with two attached hydrogens (primary N) is 1. The summed E-state index contributed by atoms with van der Waals surface area (Å²) < 4.78 is 9.98. The number of anilines is 1. The maximum absolute atomic E-state index is 12.1. The topological polar surface area (TPSA) is 106 Å². The van der Waals surface area contributed by atoms with Crippen LogP contribution in [0, 0.1) is 11.3 Å².